The van der Waals surface area contributed by atoms with Gasteiger partial charge in [-0.05, 0) is 38.5 Å². The van der Waals surface area contributed by atoms with Gasteiger partial charge >= 0.3 is 17.9 Å². The summed E-state index contributed by atoms with van der Waals surface area (Å²) in [4.78, 5) is 33.5. The molecule has 0 aromatic heterocycles. The van der Waals surface area contributed by atoms with Gasteiger partial charge < -0.3 is 15.3 Å². The van der Waals surface area contributed by atoms with Gasteiger partial charge in [0.15, 0.2) is 19.6 Å². The summed E-state index contributed by atoms with van der Waals surface area (Å²) < 4.78 is -0.438. The van der Waals surface area contributed by atoms with Crippen LogP contribution in [0.15, 0.2) is 12.2 Å². The van der Waals surface area contributed by atoms with Crippen molar-refractivity contribution in [2.24, 2.45) is 0 Å². The average molecular weight is 485 g/mol. The van der Waals surface area contributed by atoms with E-state index in [4.69, 9.17) is 15.3 Å². The molecule has 0 unspecified atom stereocenters. The summed E-state index contributed by atoms with van der Waals surface area (Å²) in [5.74, 6) is -3.51. The summed E-state index contributed by atoms with van der Waals surface area (Å²) in [5, 5.41) is 27.4. The molecule has 198 valence electrons. The van der Waals surface area contributed by atoms with Crippen molar-refractivity contribution in [1.82, 2.24) is 0 Å². The number of carbonyl (C=O) groups is 3. The first-order valence-corrected chi connectivity index (χ1v) is 13.5. The lowest BCUT2D eigenvalue weighted by molar-refractivity contribution is -0.907. The second kappa shape index (κ2) is 21.6. The highest BCUT2D eigenvalue weighted by Crippen LogP contribution is 2.14. The molecule has 0 atom stereocenters. The third-order valence-electron chi connectivity index (χ3n) is 6.31. The van der Waals surface area contributed by atoms with Crippen molar-refractivity contribution >= 4 is 17.9 Å². The quantitative estimate of drug-likeness (QED) is 0.0800. The van der Waals surface area contributed by atoms with Crippen LogP contribution in [0.5, 0.6) is 0 Å². The Kier molecular flexibility index (Phi) is 20.4. The molecular formula is C27H50NO6+. The van der Waals surface area contributed by atoms with E-state index in [1.165, 1.54) is 77.0 Å². The molecule has 3 N–H and O–H groups in total. The van der Waals surface area contributed by atoms with E-state index in [1.54, 1.807) is 0 Å². The number of unbranched alkanes of at least 4 members (excludes halogenated alkanes) is 15. The molecule has 0 bridgehead atoms. The molecule has 0 fully saturated rings. The smallest absolute Gasteiger partial charge is 0.359 e. The molecule has 0 radical (unpaired) electrons. The van der Waals surface area contributed by atoms with Gasteiger partial charge in [0.1, 0.15) is 0 Å². The SMILES string of the molecule is CCCCCCCCC/C=C/CCCCCCCCCC[N+](CC(=O)O)(CC(=O)O)CC(=O)O. The first-order chi connectivity index (χ1) is 16.3. The Morgan fingerprint density at radius 2 is 0.853 bits per heavy atom. The van der Waals surface area contributed by atoms with E-state index in [1.807, 2.05) is 0 Å². The number of allylic oxidation sites excluding steroid dienone is 2. The Morgan fingerprint density at radius 1 is 0.529 bits per heavy atom. The van der Waals surface area contributed by atoms with Crippen molar-refractivity contribution in [2.45, 2.75) is 116 Å². The number of hydrogen-bond donors (Lipinski definition) is 3. The van der Waals surface area contributed by atoms with Crippen molar-refractivity contribution in [1.29, 1.82) is 0 Å². The van der Waals surface area contributed by atoms with Crippen molar-refractivity contribution in [3.63, 3.8) is 0 Å². The molecule has 0 aromatic rings. The average Bonchev–Trinajstić information content (AvgIpc) is 2.73. The van der Waals surface area contributed by atoms with Gasteiger partial charge in [-0.1, -0.05) is 89.7 Å². The minimum absolute atomic E-state index is 0.260. The van der Waals surface area contributed by atoms with Gasteiger partial charge in [-0.2, -0.15) is 0 Å². The topological polar surface area (TPSA) is 112 Å². The zero-order valence-electron chi connectivity index (χ0n) is 21.5. The highest BCUT2D eigenvalue weighted by molar-refractivity contribution is 5.73. The van der Waals surface area contributed by atoms with E-state index in [0.29, 0.717) is 6.42 Å². The molecule has 7 heteroatoms. The number of aliphatic carboxylic acids is 3. The van der Waals surface area contributed by atoms with Gasteiger partial charge in [-0.3, -0.25) is 4.48 Å². The van der Waals surface area contributed by atoms with Crippen LogP contribution in [0, 0.1) is 0 Å². The Bertz CT molecular complexity index is 535. The monoisotopic (exact) mass is 484 g/mol. The largest absolute Gasteiger partial charge is 0.477 e. The van der Waals surface area contributed by atoms with Crippen LogP contribution in [-0.2, 0) is 14.4 Å². The van der Waals surface area contributed by atoms with Crippen molar-refractivity contribution < 1.29 is 34.2 Å². The Morgan fingerprint density at radius 3 is 1.21 bits per heavy atom. The predicted octanol–water partition coefficient (Wildman–Crippen LogP) is 6.26. The fourth-order valence-electron chi connectivity index (χ4n) is 4.49. The van der Waals surface area contributed by atoms with Gasteiger partial charge in [0.25, 0.3) is 0 Å². The summed E-state index contributed by atoms with van der Waals surface area (Å²) in [6.07, 6.45) is 25.0. The Hall–Kier alpha value is -1.89. The molecule has 0 amide bonds. The van der Waals surface area contributed by atoms with E-state index >= 15 is 0 Å². The zero-order chi connectivity index (χ0) is 25.5. The molecule has 0 aliphatic rings. The summed E-state index contributed by atoms with van der Waals surface area (Å²) in [5.41, 5.74) is 0. The first kappa shape index (κ1) is 32.1. The maximum absolute atomic E-state index is 11.2. The molecule has 0 aliphatic heterocycles. The number of carboxylic acid groups (broad SMARTS) is 3. The first-order valence-electron chi connectivity index (χ1n) is 13.5. The fourth-order valence-corrected chi connectivity index (χ4v) is 4.49. The van der Waals surface area contributed by atoms with E-state index in [0.717, 1.165) is 25.7 Å². The van der Waals surface area contributed by atoms with Gasteiger partial charge in [0, 0.05) is 0 Å². The molecule has 0 aliphatic carbocycles. The van der Waals surface area contributed by atoms with Gasteiger partial charge in [0.05, 0.1) is 6.54 Å². The molecule has 0 saturated carbocycles. The number of nitrogens with zero attached hydrogens (tertiary/aromatic N) is 1. The third kappa shape index (κ3) is 20.7. The van der Waals surface area contributed by atoms with Crippen LogP contribution in [0.25, 0.3) is 0 Å². The number of hydrogen-bond acceptors (Lipinski definition) is 3. The van der Waals surface area contributed by atoms with Crippen LogP contribution >= 0.6 is 0 Å². The molecule has 7 nitrogen and oxygen atoms in total. The van der Waals surface area contributed by atoms with Gasteiger partial charge in [-0.25, -0.2) is 14.4 Å². The Labute approximate surface area is 206 Å². The Balaban J connectivity index is 3.77. The number of rotatable bonds is 25. The summed E-state index contributed by atoms with van der Waals surface area (Å²) in [6.45, 7) is 1.07. The zero-order valence-corrected chi connectivity index (χ0v) is 21.5. The van der Waals surface area contributed by atoms with Gasteiger partial charge in [-0.15, -0.1) is 0 Å². The van der Waals surface area contributed by atoms with Crippen LogP contribution in [0.4, 0.5) is 0 Å². The summed E-state index contributed by atoms with van der Waals surface area (Å²) in [6, 6.07) is 0. The second-order valence-electron chi connectivity index (χ2n) is 9.72. The fraction of sp³-hybridized carbons (Fsp3) is 0.815. The van der Waals surface area contributed by atoms with Crippen LogP contribution in [-0.4, -0.2) is 63.9 Å². The minimum atomic E-state index is -1.17. The maximum atomic E-state index is 11.2. The summed E-state index contributed by atoms with van der Waals surface area (Å²) in [7, 11) is 0. The van der Waals surface area contributed by atoms with Crippen LogP contribution < -0.4 is 0 Å². The number of carboxylic acids is 3. The number of quaternary nitrogens is 1. The normalized spacial score (nSPS) is 11.8. The second-order valence-corrected chi connectivity index (χ2v) is 9.72. The molecule has 0 rings (SSSR count). The van der Waals surface area contributed by atoms with E-state index in [9.17, 15) is 14.4 Å². The highest BCUT2D eigenvalue weighted by atomic mass is 16.4. The van der Waals surface area contributed by atoms with Crippen molar-refractivity contribution in [2.75, 3.05) is 26.2 Å². The lowest BCUT2D eigenvalue weighted by Gasteiger charge is -2.34. The lowest BCUT2D eigenvalue weighted by atomic mass is 10.1. The third-order valence-corrected chi connectivity index (χ3v) is 6.31. The van der Waals surface area contributed by atoms with Crippen LogP contribution in [0.1, 0.15) is 116 Å². The van der Waals surface area contributed by atoms with Crippen molar-refractivity contribution in [3.8, 4) is 0 Å². The van der Waals surface area contributed by atoms with Crippen LogP contribution in [0.3, 0.4) is 0 Å². The minimum Gasteiger partial charge on any atom is -0.477 e. The van der Waals surface area contributed by atoms with Crippen molar-refractivity contribution in [3.05, 3.63) is 12.2 Å². The van der Waals surface area contributed by atoms with Gasteiger partial charge in [0.2, 0.25) is 0 Å². The molecular weight excluding hydrogens is 434 g/mol. The summed E-state index contributed by atoms with van der Waals surface area (Å²) >= 11 is 0. The maximum Gasteiger partial charge on any atom is 0.359 e. The highest BCUT2D eigenvalue weighted by Gasteiger charge is 2.35. The molecule has 0 aromatic carbocycles. The van der Waals surface area contributed by atoms with E-state index in [2.05, 4.69) is 19.1 Å². The molecule has 0 spiro atoms. The predicted molar refractivity (Wildman–Crippen MR) is 136 cm³/mol. The van der Waals surface area contributed by atoms with E-state index < -0.39 is 42.0 Å². The molecule has 0 heterocycles. The molecule has 34 heavy (non-hydrogen) atoms. The molecule has 0 saturated heterocycles. The lowest BCUT2D eigenvalue weighted by Crippen LogP contribution is -2.57. The van der Waals surface area contributed by atoms with E-state index in [-0.39, 0.29) is 6.54 Å². The standard InChI is InChI=1S/C27H49NO6/c1-2-3-4-5-6-7-8-9-10-11-12-13-14-15-16-17-18-19-20-21-28(22-25(29)30,23-26(31)32)24-27(33)34/h10-11H,2-9,12-24H2,1H3,(H2-,29,30,31,32,33,34)/p+1/b11-10+. The van der Waals surface area contributed by atoms with Crippen LogP contribution in [0.2, 0.25) is 0 Å².